The Bertz CT molecular complexity index is 2840. The summed E-state index contributed by atoms with van der Waals surface area (Å²) in [6, 6.07) is 21.6. The molecule has 61 heavy (non-hydrogen) atoms. The summed E-state index contributed by atoms with van der Waals surface area (Å²) in [5.41, 5.74) is 7.19. The van der Waals surface area contributed by atoms with Crippen LogP contribution in [0.3, 0.4) is 0 Å². The van der Waals surface area contributed by atoms with Gasteiger partial charge in [-0.15, -0.1) is 0 Å². The van der Waals surface area contributed by atoms with Crippen molar-refractivity contribution in [3.8, 4) is 0 Å². The second-order valence-corrected chi connectivity index (χ2v) is 13.7. The number of nitrogens with two attached hydrogens (primary N) is 1. The molecular formula is C43H28BrF6N7O4. The molecule has 1 amide bonds. The van der Waals surface area contributed by atoms with Crippen molar-refractivity contribution in [3.63, 3.8) is 0 Å². The van der Waals surface area contributed by atoms with Gasteiger partial charge in [0.05, 0.1) is 17.5 Å². The third-order valence-corrected chi connectivity index (χ3v) is 9.31. The molecule has 0 aliphatic heterocycles. The van der Waals surface area contributed by atoms with Crippen molar-refractivity contribution in [2.75, 3.05) is 0 Å². The molecule has 8 aromatic rings. The fourth-order valence-electron chi connectivity index (χ4n) is 5.71. The highest BCUT2D eigenvalue weighted by Gasteiger charge is 2.31. The Labute approximate surface area is 349 Å². The number of nitrogens with zero attached hydrogens (tertiary/aromatic N) is 4. The Morgan fingerprint density at radius 2 is 1.00 bits per heavy atom. The van der Waals surface area contributed by atoms with Gasteiger partial charge >= 0.3 is 12.4 Å². The molecule has 308 valence electrons. The number of nitrogens with one attached hydrogen (secondary N) is 2. The second kappa shape index (κ2) is 18.3. The topological polar surface area (TPSA) is 177 Å². The summed E-state index contributed by atoms with van der Waals surface area (Å²) < 4.78 is 74.6. The minimum absolute atomic E-state index is 0.0609. The van der Waals surface area contributed by atoms with E-state index in [-0.39, 0.29) is 34.9 Å². The number of amides is 1. The lowest BCUT2D eigenvalue weighted by atomic mass is 10.0. The quantitative estimate of drug-likeness (QED) is 0.0767. The first-order valence-corrected chi connectivity index (χ1v) is 18.5. The number of primary amides is 1. The molecule has 4 N–H and O–H groups in total. The lowest BCUT2D eigenvalue weighted by Crippen LogP contribution is -2.11. The summed E-state index contributed by atoms with van der Waals surface area (Å²) in [5.74, 6) is -1.40. The first-order chi connectivity index (χ1) is 29.0. The van der Waals surface area contributed by atoms with Crippen LogP contribution in [0.5, 0.6) is 0 Å². The number of benzene rings is 2. The van der Waals surface area contributed by atoms with Crippen molar-refractivity contribution in [3.05, 3.63) is 189 Å². The fraction of sp³-hybridized carbons (Fsp3) is 0.0698. The molecule has 2 aromatic carbocycles. The summed E-state index contributed by atoms with van der Waals surface area (Å²) in [7, 11) is 0. The normalized spacial score (nSPS) is 11.3. The Morgan fingerprint density at radius 3 is 1.41 bits per heavy atom. The van der Waals surface area contributed by atoms with Crippen LogP contribution in [0.15, 0.2) is 139 Å². The molecule has 0 aliphatic carbocycles. The number of pyridine rings is 4. The predicted octanol–water partition coefficient (Wildman–Crippen LogP) is 9.39. The highest BCUT2D eigenvalue weighted by molar-refractivity contribution is 9.10. The van der Waals surface area contributed by atoms with E-state index in [0.717, 1.165) is 53.9 Å². The number of alkyl halides is 6. The monoisotopic (exact) mass is 899 g/mol. The van der Waals surface area contributed by atoms with E-state index in [0.29, 0.717) is 49.2 Å². The Hall–Kier alpha value is -7.34. The number of hydrogen-bond acceptors (Lipinski definition) is 8. The summed E-state index contributed by atoms with van der Waals surface area (Å²) >= 11 is 3.24. The van der Waals surface area contributed by atoms with Crippen LogP contribution < -0.4 is 5.73 Å². The maximum Gasteiger partial charge on any atom is 0.416 e. The molecule has 0 unspecified atom stereocenters. The third kappa shape index (κ3) is 10.6. The highest BCUT2D eigenvalue weighted by atomic mass is 79.9. The van der Waals surface area contributed by atoms with Gasteiger partial charge in [-0.25, -0.2) is 15.0 Å². The molecule has 0 fully saturated rings. The van der Waals surface area contributed by atoms with Crippen LogP contribution in [-0.4, -0.2) is 53.2 Å². The first-order valence-electron chi connectivity index (χ1n) is 17.7. The molecule has 0 spiro atoms. The van der Waals surface area contributed by atoms with Crippen molar-refractivity contribution in [2.24, 2.45) is 5.73 Å². The van der Waals surface area contributed by atoms with Gasteiger partial charge in [0.25, 0.3) is 0 Å². The van der Waals surface area contributed by atoms with Gasteiger partial charge in [-0.3, -0.25) is 24.2 Å². The number of fused-ring (bicyclic) bond motifs is 2. The van der Waals surface area contributed by atoms with Crippen molar-refractivity contribution in [1.82, 2.24) is 29.9 Å². The van der Waals surface area contributed by atoms with Gasteiger partial charge in [-0.1, -0.05) is 12.1 Å². The van der Waals surface area contributed by atoms with E-state index < -0.39 is 29.4 Å². The van der Waals surface area contributed by atoms with Crippen molar-refractivity contribution in [1.29, 1.82) is 0 Å². The number of carbonyl (C=O) groups excluding carboxylic acids is 4. The van der Waals surface area contributed by atoms with Gasteiger partial charge in [0, 0.05) is 87.0 Å². The first kappa shape index (κ1) is 43.2. The zero-order valence-electron chi connectivity index (χ0n) is 31.1. The van der Waals surface area contributed by atoms with Crippen molar-refractivity contribution >= 4 is 61.3 Å². The van der Waals surface area contributed by atoms with Gasteiger partial charge < -0.3 is 15.7 Å². The van der Waals surface area contributed by atoms with E-state index in [9.17, 15) is 45.5 Å². The maximum absolute atomic E-state index is 12.7. The Morgan fingerprint density at radius 1 is 0.557 bits per heavy atom. The number of Topliss-reactive ketones (excluding diaryl/α,β-unsaturated/α-hetero) is 1. The summed E-state index contributed by atoms with van der Waals surface area (Å²) in [5, 5.41) is 1.52. The van der Waals surface area contributed by atoms with E-state index in [1.165, 1.54) is 6.20 Å². The molecule has 0 bridgehead atoms. The van der Waals surface area contributed by atoms with Crippen LogP contribution in [0, 0.1) is 0 Å². The minimum Gasteiger partial charge on any atom is -0.366 e. The summed E-state index contributed by atoms with van der Waals surface area (Å²) in [6.07, 6.45) is 0.601. The van der Waals surface area contributed by atoms with Crippen LogP contribution in [-0.2, 0) is 18.8 Å². The molecule has 0 saturated carbocycles. The molecule has 0 saturated heterocycles. The number of hydrogen-bond donors (Lipinski definition) is 3. The number of carbonyl (C=O) groups is 4. The van der Waals surface area contributed by atoms with Gasteiger partial charge in [0.15, 0.2) is 17.3 Å². The Balaban J connectivity index is 0.000000170. The fourth-order valence-corrected chi connectivity index (χ4v) is 5.94. The number of aromatic nitrogens is 6. The Kier molecular flexibility index (Phi) is 13.0. The van der Waals surface area contributed by atoms with Crippen LogP contribution in [0.25, 0.3) is 22.1 Å². The molecule has 6 aromatic heterocycles. The van der Waals surface area contributed by atoms with E-state index in [4.69, 9.17) is 5.73 Å². The maximum atomic E-state index is 12.7. The van der Waals surface area contributed by atoms with Crippen molar-refractivity contribution < 1.29 is 45.5 Å². The minimum atomic E-state index is -4.45. The molecule has 0 radical (unpaired) electrons. The highest BCUT2D eigenvalue weighted by Crippen LogP contribution is 2.30. The van der Waals surface area contributed by atoms with Gasteiger partial charge in [0.1, 0.15) is 15.9 Å². The van der Waals surface area contributed by atoms with Crippen LogP contribution in [0.2, 0.25) is 0 Å². The van der Waals surface area contributed by atoms with Crippen LogP contribution in [0.1, 0.15) is 69.4 Å². The molecule has 11 nitrogen and oxygen atoms in total. The van der Waals surface area contributed by atoms with E-state index in [2.05, 4.69) is 45.8 Å². The number of H-pyrrole nitrogens is 2. The third-order valence-electron chi connectivity index (χ3n) is 8.84. The average molecular weight is 901 g/mol. The molecule has 6 heterocycles. The molecule has 0 aliphatic rings. The standard InChI is InChI=1S/C22H14F3N3O2.C13H8BrN3O.C8H6F3NO/c23-22(24,25)15-6-3-13(4-7-15)19(29)10-16-8-5-14(11-27-16)20(30)18-12-28-21-17(18)2-1-9-26-21;14-11-4-3-8(6-16-11)12(18)10-7-17-13-9(10)2-1-5-15-13;9-8(10,11)6-3-1-5(2-4-6)7(12)13/h1-9,11-12H,10H2,(H,26,28);1-7H,(H,15,17);1-4H,(H2,12,13). The second-order valence-electron chi connectivity index (χ2n) is 12.9. The van der Waals surface area contributed by atoms with Crippen molar-refractivity contribution in [2.45, 2.75) is 18.8 Å². The summed E-state index contributed by atoms with van der Waals surface area (Å²) in [4.78, 5) is 70.4. The number of rotatable bonds is 8. The average Bonchev–Trinajstić information content (AvgIpc) is 3.89. The van der Waals surface area contributed by atoms with Gasteiger partial charge in [-0.2, -0.15) is 26.3 Å². The van der Waals surface area contributed by atoms with Gasteiger partial charge in [0.2, 0.25) is 5.91 Å². The lowest BCUT2D eigenvalue weighted by Gasteiger charge is -2.07. The zero-order valence-corrected chi connectivity index (χ0v) is 32.6. The zero-order chi connectivity index (χ0) is 43.9. The van der Waals surface area contributed by atoms with Gasteiger partial charge in [-0.05, 0) is 101 Å². The van der Waals surface area contributed by atoms with E-state index >= 15 is 0 Å². The molecule has 8 rings (SSSR count). The predicted molar refractivity (Wildman–Crippen MR) is 215 cm³/mol. The summed E-state index contributed by atoms with van der Waals surface area (Å²) in [6.45, 7) is 0. The van der Waals surface area contributed by atoms with Crippen LogP contribution in [0.4, 0.5) is 26.3 Å². The van der Waals surface area contributed by atoms with E-state index in [1.54, 1.807) is 67.4 Å². The van der Waals surface area contributed by atoms with E-state index in [1.807, 2.05) is 12.1 Å². The molecule has 18 heteroatoms. The number of aromatic amines is 2. The van der Waals surface area contributed by atoms with Crippen LogP contribution >= 0.6 is 15.9 Å². The lowest BCUT2D eigenvalue weighted by molar-refractivity contribution is -0.138. The smallest absolute Gasteiger partial charge is 0.366 e. The largest absolute Gasteiger partial charge is 0.416 e. The molecular weight excluding hydrogens is 872 g/mol. The SMILES string of the molecule is NC(=O)c1ccc(C(F)(F)F)cc1.O=C(Cc1ccc(C(=O)c2c[nH]c3ncccc23)cn1)c1ccc(C(F)(F)F)cc1.O=C(c1ccc(Br)nc1)c1c[nH]c2ncccc12. The number of ketones is 3. The number of halogens is 7. The molecule has 0 atom stereocenters.